The first-order chi connectivity index (χ1) is 16.3. The van der Waals surface area contributed by atoms with E-state index in [0.717, 1.165) is 12.1 Å². The van der Waals surface area contributed by atoms with E-state index in [0.29, 0.717) is 37.6 Å². The van der Waals surface area contributed by atoms with Crippen molar-refractivity contribution in [2.75, 3.05) is 32.8 Å². The number of amides is 1. The average molecular weight is 476 g/mol. The van der Waals surface area contributed by atoms with Crippen molar-refractivity contribution in [3.8, 4) is 5.69 Å². The summed E-state index contributed by atoms with van der Waals surface area (Å²) >= 11 is 0. The van der Waals surface area contributed by atoms with Crippen LogP contribution in [-0.2, 0) is 10.9 Å². The molecule has 0 spiro atoms. The lowest BCUT2D eigenvalue weighted by Crippen LogP contribution is -2.43. The Balaban J connectivity index is 1.53. The molecule has 1 fully saturated rings. The maximum absolute atomic E-state index is 14.2. The third-order valence-electron chi connectivity index (χ3n) is 5.90. The van der Waals surface area contributed by atoms with Gasteiger partial charge in [-0.1, -0.05) is 24.3 Å². The molecule has 34 heavy (non-hydrogen) atoms. The summed E-state index contributed by atoms with van der Waals surface area (Å²) in [6.07, 6.45) is -3.05. The molecular weight excluding hydrogens is 452 g/mol. The molecule has 2 aromatic carbocycles. The van der Waals surface area contributed by atoms with Crippen molar-refractivity contribution in [1.29, 1.82) is 0 Å². The number of halogens is 4. The number of rotatable bonds is 6. The highest BCUT2D eigenvalue weighted by Gasteiger charge is 2.31. The second-order valence-electron chi connectivity index (χ2n) is 8.00. The van der Waals surface area contributed by atoms with Crippen LogP contribution >= 0.6 is 0 Å². The van der Waals surface area contributed by atoms with Crippen molar-refractivity contribution in [3.63, 3.8) is 0 Å². The molecule has 4 rings (SSSR count). The smallest absolute Gasteiger partial charge is 0.379 e. The highest BCUT2D eigenvalue weighted by atomic mass is 19.4. The predicted octanol–water partition coefficient (Wildman–Crippen LogP) is 4.14. The predicted molar refractivity (Wildman–Crippen MR) is 117 cm³/mol. The summed E-state index contributed by atoms with van der Waals surface area (Å²) in [5, 5.41) is 7.03. The van der Waals surface area contributed by atoms with Crippen molar-refractivity contribution in [2.45, 2.75) is 19.1 Å². The molecule has 0 saturated carbocycles. The summed E-state index contributed by atoms with van der Waals surface area (Å²) in [6, 6.07) is 10.8. The first-order valence-electron chi connectivity index (χ1n) is 10.8. The molecule has 1 atom stereocenters. The molecule has 1 saturated heterocycles. The molecular formula is C24H24F4N4O2. The van der Waals surface area contributed by atoms with Gasteiger partial charge in [0.25, 0.3) is 5.91 Å². The van der Waals surface area contributed by atoms with E-state index in [1.54, 1.807) is 25.1 Å². The number of carbonyl (C=O) groups excluding carboxylic acids is 1. The van der Waals surface area contributed by atoms with Gasteiger partial charge in [0.1, 0.15) is 11.5 Å². The largest absolute Gasteiger partial charge is 0.416 e. The molecule has 180 valence electrons. The van der Waals surface area contributed by atoms with E-state index in [9.17, 15) is 22.4 Å². The standard InChI is InChI=1S/C24H24F4N4O2/c1-16-19(14-30-32(16)21-5-3-2-4-20(21)25)23(33)29-15-22(31-10-12-34-13-11-31)17-6-8-18(9-7-17)24(26,27)28/h2-9,14,22H,10-13,15H2,1H3,(H,29,33). The molecule has 1 aliphatic heterocycles. The van der Waals surface area contributed by atoms with Crippen molar-refractivity contribution in [1.82, 2.24) is 20.0 Å². The van der Waals surface area contributed by atoms with Gasteiger partial charge in [-0.2, -0.15) is 18.3 Å². The number of carbonyl (C=O) groups is 1. The fourth-order valence-corrected chi connectivity index (χ4v) is 4.02. The van der Waals surface area contributed by atoms with Gasteiger partial charge < -0.3 is 10.1 Å². The summed E-state index contributed by atoms with van der Waals surface area (Å²) in [5.41, 5.74) is 0.928. The summed E-state index contributed by atoms with van der Waals surface area (Å²) in [7, 11) is 0. The summed E-state index contributed by atoms with van der Waals surface area (Å²) in [6.45, 7) is 4.02. The number of nitrogens with zero attached hydrogens (tertiary/aromatic N) is 3. The van der Waals surface area contributed by atoms with E-state index in [-0.39, 0.29) is 23.8 Å². The van der Waals surface area contributed by atoms with Gasteiger partial charge in [-0.15, -0.1) is 0 Å². The fraction of sp³-hybridized carbons (Fsp3) is 0.333. The lowest BCUT2D eigenvalue weighted by Gasteiger charge is -2.35. The van der Waals surface area contributed by atoms with Crippen LogP contribution in [0.3, 0.4) is 0 Å². The Morgan fingerprint density at radius 2 is 1.79 bits per heavy atom. The minimum absolute atomic E-state index is 0.175. The fourth-order valence-electron chi connectivity index (χ4n) is 4.02. The molecule has 1 aliphatic rings. The molecule has 1 unspecified atom stereocenters. The molecule has 0 radical (unpaired) electrons. The number of hydrogen-bond donors (Lipinski definition) is 1. The van der Waals surface area contributed by atoms with Crippen LogP contribution in [-0.4, -0.2) is 53.4 Å². The number of morpholine rings is 1. The van der Waals surface area contributed by atoms with E-state index in [2.05, 4.69) is 15.3 Å². The van der Waals surface area contributed by atoms with Crippen LogP contribution in [0.4, 0.5) is 17.6 Å². The van der Waals surface area contributed by atoms with Crippen molar-refractivity contribution in [3.05, 3.63) is 82.9 Å². The van der Waals surface area contributed by atoms with E-state index in [1.807, 2.05) is 0 Å². The lowest BCUT2D eigenvalue weighted by molar-refractivity contribution is -0.137. The first kappa shape index (κ1) is 23.9. The number of ether oxygens (including phenoxy) is 1. The van der Waals surface area contributed by atoms with E-state index < -0.39 is 23.5 Å². The normalized spacial score (nSPS) is 15.8. The van der Waals surface area contributed by atoms with Gasteiger partial charge in [-0.3, -0.25) is 9.69 Å². The highest BCUT2D eigenvalue weighted by Crippen LogP contribution is 2.31. The molecule has 6 nitrogen and oxygen atoms in total. The molecule has 0 bridgehead atoms. The Kier molecular flexibility index (Phi) is 6.99. The number of aromatic nitrogens is 2. The molecule has 3 aromatic rings. The Hall–Kier alpha value is -3.24. The zero-order chi connectivity index (χ0) is 24.3. The van der Waals surface area contributed by atoms with E-state index >= 15 is 0 Å². The summed E-state index contributed by atoms with van der Waals surface area (Å²) in [4.78, 5) is 15.0. The first-order valence-corrected chi connectivity index (χ1v) is 10.8. The average Bonchev–Trinajstić information content (AvgIpc) is 3.21. The lowest BCUT2D eigenvalue weighted by atomic mass is 10.0. The van der Waals surface area contributed by atoms with Crippen LogP contribution in [0.2, 0.25) is 0 Å². The monoisotopic (exact) mass is 476 g/mol. The number of para-hydroxylation sites is 1. The Bertz CT molecular complexity index is 1140. The molecule has 0 aliphatic carbocycles. The molecule has 1 N–H and O–H groups in total. The van der Waals surface area contributed by atoms with Gasteiger partial charge >= 0.3 is 6.18 Å². The molecule has 10 heteroatoms. The highest BCUT2D eigenvalue weighted by molar-refractivity contribution is 5.95. The van der Waals surface area contributed by atoms with Gasteiger partial charge in [0.05, 0.1) is 42.3 Å². The number of nitrogens with one attached hydrogen (secondary N) is 1. The third-order valence-corrected chi connectivity index (χ3v) is 5.90. The van der Waals surface area contributed by atoms with Gasteiger partial charge in [0.2, 0.25) is 0 Å². The van der Waals surface area contributed by atoms with Gasteiger partial charge in [-0.05, 0) is 36.8 Å². The van der Waals surface area contributed by atoms with Crippen molar-refractivity contribution >= 4 is 5.91 Å². The Labute approximate surface area is 194 Å². The third kappa shape index (κ3) is 5.13. The topological polar surface area (TPSA) is 59.4 Å². The Morgan fingerprint density at radius 1 is 1.12 bits per heavy atom. The second-order valence-corrected chi connectivity index (χ2v) is 8.00. The van der Waals surface area contributed by atoms with Crippen LogP contribution in [0.25, 0.3) is 5.69 Å². The maximum atomic E-state index is 14.2. The zero-order valence-corrected chi connectivity index (χ0v) is 18.5. The molecule has 1 amide bonds. The second kappa shape index (κ2) is 9.94. The van der Waals surface area contributed by atoms with E-state index in [4.69, 9.17) is 4.74 Å². The summed E-state index contributed by atoms with van der Waals surface area (Å²) < 4.78 is 59.9. The molecule has 2 heterocycles. The SMILES string of the molecule is Cc1c(C(=O)NCC(c2ccc(C(F)(F)F)cc2)N2CCOCC2)cnn1-c1ccccc1F. The van der Waals surface area contributed by atoms with Crippen LogP contribution < -0.4 is 5.32 Å². The zero-order valence-electron chi connectivity index (χ0n) is 18.5. The molecule has 1 aromatic heterocycles. The summed E-state index contributed by atoms with van der Waals surface area (Å²) in [5.74, 6) is -0.861. The van der Waals surface area contributed by atoms with Crippen LogP contribution in [0.1, 0.15) is 33.2 Å². The van der Waals surface area contributed by atoms with Crippen LogP contribution in [0, 0.1) is 12.7 Å². The maximum Gasteiger partial charge on any atom is 0.416 e. The number of alkyl halides is 3. The van der Waals surface area contributed by atoms with Gasteiger partial charge in [0.15, 0.2) is 0 Å². The van der Waals surface area contributed by atoms with Crippen molar-refractivity contribution in [2.24, 2.45) is 0 Å². The number of benzene rings is 2. The van der Waals surface area contributed by atoms with Crippen LogP contribution in [0.5, 0.6) is 0 Å². The van der Waals surface area contributed by atoms with Gasteiger partial charge in [0, 0.05) is 19.6 Å². The van der Waals surface area contributed by atoms with E-state index in [1.165, 1.54) is 29.1 Å². The van der Waals surface area contributed by atoms with Crippen LogP contribution in [0.15, 0.2) is 54.7 Å². The minimum atomic E-state index is -4.42. The number of hydrogen-bond acceptors (Lipinski definition) is 4. The van der Waals surface area contributed by atoms with Gasteiger partial charge in [-0.25, -0.2) is 9.07 Å². The Morgan fingerprint density at radius 3 is 2.44 bits per heavy atom. The van der Waals surface area contributed by atoms with Crippen molar-refractivity contribution < 1.29 is 27.1 Å². The minimum Gasteiger partial charge on any atom is -0.379 e. The quantitative estimate of drug-likeness (QED) is 0.544.